The Bertz CT molecular complexity index is 862. The number of esters is 1. The molecule has 0 bridgehead atoms. The molecule has 2 rings (SSSR count). The first kappa shape index (κ1) is 20.1. The van der Waals surface area contributed by atoms with Gasteiger partial charge in [0.25, 0.3) is 5.91 Å². The van der Waals surface area contributed by atoms with Crippen molar-refractivity contribution in [2.75, 3.05) is 18.1 Å². The first-order valence-corrected chi connectivity index (χ1v) is 8.51. The molecule has 0 N–H and O–H groups in total. The van der Waals surface area contributed by atoms with Crippen LogP contribution in [0.1, 0.15) is 33.5 Å². The maximum Gasteiger partial charge on any atom is 0.339 e. The lowest BCUT2D eigenvalue weighted by Gasteiger charge is -2.22. The van der Waals surface area contributed by atoms with Gasteiger partial charge in [-0.05, 0) is 56.2 Å². The Labute approximate surface area is 158 Å². The van der Waals surface area contributed by atoms with Gasteiger partial charge in [0.1, 0.15) is 5.82 Å². The van der Waals surface area contributed by atoms with Crippen molar-refractivity contribution < 1.29 is 18.7 Å². The van der Waals surface area contributed by atoms with E-state index in [1.807, 2.05) is 39.0 Å². The van der Waals surface area contributed by atoms with Gasteiger partial charge in [-0.15, -0.1) is 0 Å². The van der Waals surface area contributed by atoms with Crippen LogP contribution >= 0.6 is 0 Å². The predicted molar refractivity (Wildman–Crippen MR) is 99.9 cm³/mol. The Morgan fingerprint density at radius 1 is 1.11 bits per heavy atom. The van der Waals surface area contributed by atoms with E-state index in [9.17, 15) is 14.0 Å². The first-order chi connectivity index (χ1) is 12.8. The first-order valence-electron chi connectivity index (χ1n) is 8.51. The Kier molecular flexibility index (Phi) is 6.67. The summed E-state index contributed by atoms with van der Waals surface area (Å²) in [6, 6.07) is 11.1. The summed E-state index contributed by atoms with van der Waals surface area (Å²) in [6.07, 6.45) is 0.104. The Balaban J connectivity index is 2.12. The highest BCUT2D eigenvalue weighted by Crippen LogP contribution is 2.19. The fourth-order valence-electron chi connectivity index (χ4n) is 2.96. The molecule has 5 nitrogen and oxygen atoms in total. The van der Waals surface area contributed by atoms with E-state index in [1.165, 1.54) is 29.2 Å². The number of hydrogen-bond acceptors (Lipinski definition) is 4. The minimum atomic E-state index is -0.572. The van der Waals surface area contributed by atoms with Gasteiger partial charge in [-0.3, -0.25) is 4.79 Å². The van der Waals surface area contributed by atoms with Gasteiger partial charge in [0, 0.05) is 12.2 Å². The van der Waals surface area contributed by atoms with Crippen LogP contribution in [0.5, 0.6) is 0 Å². The zero-order chi connectivity index (χ0) is 20.0. The predicted octanol–water partition coefficient (Wildman–Crippen LogP) is 3.85. The number of nitrogens with zero attached hydrogens (tertiary/aromatic N) is 2. The number of nitriles is 1. The van der Waals surface area contributed by atoms with Crippen LogP contribution in [0.2, 0.25) is 0 Å². The number of ether oxygens (including phenoxy) is 1. The summed E-state index contributed by atoms with van der Waals surface area (Å²) in [5.74, 6) is -1.48. The van der Waals surface area contributed by atoms with Gasteiger partial charge in [0.2, 0.25) is 0 Å². The van der Waals surface area contributed by atoms with Crippen molar-refractivity contribution in [3.05, 3.63) is 64.5 Å². The third-order valence-corrected chi connectivity index (χ3v) is 4.09. The lowest BCUT2D eigenvalue weighted by molar-refractivity contribution is -0.121. The Morgan fingerprint density at radius 3 is 2.26 bits per heavy atom. The average molecular weight is 368 g/mol. The monoisotopic (exact) mass is 368 g/mol. The number of hydrogen-bond donors (Lipinski definition) is 0. The van der Waals surface area contributed by atoms with Crippen LogP contribution in [-0.2, 0) is 9.53 Å². The van der Waals surface area contributed by atoms with Crippen molar-refractivity contribution in [2.24, 2.45) is 0 Å². The lowest BCUT2D eigenvalue weighted by atomic mass is 10.00. The molecule has 2 aromatic carbocycles. The molecule has 140 valence electrons. The Hall–Kier alpha value is -3.20. The second kappa shape index (κ2) is 8.95. The summed E-state index contributed by atoms with van der Waals surface area (Å²) >= 11 is 0. The van der Waals surface area contributed by atoms with Gasteiger partial charge >= 0.3 is 5.97 Å². The number of carbonyl (C=O) groups is 2. The van der Waals surface area contributed by atoms with Gasteiger partial charge in [0.05, 0.1) is 18.1 Å². The van der Waals surface area contributed by atoms with Gasteiger partial charge in [-0.1, -0.05) is 17.7 Å². The lowest BCUT2D eigenvalue weighted by Crippen LogP contribution is -2.35. The van der Waals surface area contributed by atoms with Crippen LogP contribution in [0.4, 0.5) is 10.1 Å². The standard InChI is InChI=1S/C21H21FN2O3/c1-14-11-15(2)20(16(3)12-14)21(26)27-13-19(25)24(10-4-9-23)18-7-5-17(22)6-8-18/h5-8,11-12H,4,10,13H2,1-3H3. The van der Waals surface area contributed by atoms with E-state index in [0.29, 0.717) is 11.3 Å². The molecule has 27 heavy (non-hydrogen) atoms. The largest absolute Gasteiger partial charge is 0.452 e. The molecule has 0 atom stereocenters. The number of amides is 1. The quantitative estimate of drug-likeness (QED) is 0.726. The van der Waals surface area contributed by atoms with Crippen molar-refractivity contribution in [1.29, 1.82) is 5.26 Å². The molecule has 0 unspecified atom stereocenters. The third-order valence-electron chi connectivity index (χ3n) is 4.09. The van der Waals surface area contributed by atoms with Crippen LogP contribution in [-0.4, -0.2) is 25.0 Å². The Morgan fingerprint density at radius 2 is 1.70 bits per heavy atom. The smallest absolute Gasteiger partial charge is 0.339 e. The molecule has 0 spiro atoms. The highest BCUT2D eigenvalue weighted by Gasteiger charge is 2.20. The maximum atomic E-state index is 13.1. The summed E-state index contributed by atoms with van der Waals surface area (Å²) in [5.41, 5.74) is 3.49. The van der Waals surface area contributed by atoms with Crippen molar-refractivity contribution >= 4 is 17.6 Å². The molecule has 0 aromatic heterocycles. The molecule has 0 aliphatic carbocycles. The van der Waals surface area contributed by atoms with Crippen molar-refractivity contribution in [1.82, 2.24) is 0 Å². The normalized spacial score (nSPS) is 10.2. The number of benzene rings is 2. The van der Waals surface area contributed by atoms with Gasteiger partial charge in [0.15, 0.2) is 6.61 Å². The van der Waals surface area contributed by atoms with Crippen LogP contribution < -0.4 is 4.90 Å². The summed E-state index contributed by atoms with van der Waals surface area (Å²) in [5, 5.41) is 8.80. The van der Waals surface area contributed by atoms with Crippen LogP contribution in [0.25, 0.3) is 0 Å². The zero-order valence-corrected chi connectivity index (χ0v) is 15.6. The number of aryl methyl sites for hydroxylation is 3. The summed E-state index contributed by atoms with van der Waals surface area (Å²) in [4.78, 5) is 26.3. The molecule has 0 fully saturated rings. The average Bonchev–Trinajstić information content (AvgIpc) is 2.60. The highest BCUT2D eigenvalue weighted by atomic mass is 19.1. The van der Waals surface area contributed by atoms with E-state index in [-0.39, 0.29) is 13.0 Å². The van der Waals surface area contributed by atoms with Crippen molar-refractivity contribution in [2.45, 2.75) is 27.2 Å². The molecule has 2 aromatic rings. The maximum absolute atomic E-state index is 13.1. The van der Waals surface area contributed by atoms with Gasteiger partial charge in [-0.2, -0.15) is 5.26 Å². The van der Waals surface area contributed by atoms with Crippen molar-refractivity contribution in [3.63, 3.8) is 0 Å². The molecule has 1 amide bonds. The van der Waals surface area contributed by atoms with Crippen LogP contribution in [0.15, 0.2) is 36.4 Å². The highest BCUT2D eigenvalue weighted by molar-refractivity contribution is 5.98. The van der Waals surface area contributed by atoms with Crippen LogP contribution in [0.3, 0.4) is 0 Å². The topological polar surface area (TPSA) is 70.4 Å². The van der Waals surface area contributed by atoms with E-state index in [2.05, 4.69) is 0 Å². The molecule has 0 radical (unpaired) electrons. The molecule has 0 aliphatic heterocycles. The van der Waals surface area contributed by atoms with Crippen LogP contribution in [0, 0.1) is 37.9 Å². The number of halogens is 1. The molecule has 0 aliphatic rings. The van der Waals surface area contributed by atoms with E-state index in [1.54, 1.807) is 0 Å². The minimum Gasteiger partial charge on any atom is -0.452 e. The molecule has 6 heteroatoms. The van der Waals surface area contributed by atoms with E-state index < -0.39 is 24.3 Å². The second-order valence-electron chi connectivity index (χ2n) is 6.28. The van der Waals surface area contributed by atoms with E-state index in [4.69, 9.17) is 10.00 Å². The van der Waals surface area contributed by atoms with E-state index in [0.717, 1.165) is 16.7 Å². The van der Waals surface area contributed by atoms with Gasteiger partial charge < -0.3 is 9.64 Å². The fraction of sp³-hybridized carbons (Fsp3) is 0.286. The third kappa shape index (κ3) is 5.14. The minimum absolute atomic E-state index is 0.104. The van der Waals surface area contributed by atoms with E-state index >= 15 is 0 Å². The summed E-state index contributed by atoms with van der Waals surface area (Å²) < 4.78 is 18.3. The molecule has 0 heterocycles. The van der Waals surface area contributed by atoms with Crippen molar-refractivity contribution in [3.8, 4) is 6.07 Å². The molecule has 0 saturated heterocycles. The van der Waals surface area contributed by atoms with Gasteiger partial charge in [-0.25, -0.2) is 9.18 Å². The number of anilines is 1. The molecular formula is C21H21FN2O3. The zero-order valence-electron chi connectivity index (χ0n) is 15.6. The number of rotatable bonds is 6. The summed E-state index contributed by atoms with van der Waals surface area (Å²) in [6.45, 7) is 5.23. The molecule has 0 saturated carbocycles. The number of carbonyl (C=O) groups excluding carboxylic acids is 2. The fourth-order valence-corrected chi connectivity index (χ4v) is 2.96. The second-order valence-corrected chi connectivity index (χ2v) is 6.28. The molecular weight excluding hydrogens is 347 g/mol. The SMILES string of the molecule is Cc1cc(C)c(C(=O)OCC(=O)N(CCC#N)c2ccc(F)cc2)c(C)c1. The summed E-state index contributed by atoms with van der Waals surface area (Å²) in [7, 11) is 0.